The first-order chi connectivity index (χ1) is 14.4. The van der Waals surface area contributed by atoms with Gasteiger partial charge in [0.2, 0.25) is 10.0 Å². The summed E-state index contributed by atoms with van der Waals surface area (Å²) in [6.45, 7) is 6.11. The molecule has 0 aliphatic carbocycles. The van der Waals surface area contributed by atoms with Crippen LogP contribution in [-0.2, 0) is 21.3 Å². The van der Waals surface area contributed by atoms with E-state index in [-0.39, 0.29) is 17.3 Å². The normalized spacial score (nSPS) is 11.5. The number of hydrogen-bond donors (Lipinski definition) is 1. The van der Waals surface area contributed by atoms with Crippen LogP contribution in [0.3, 0.4) is 0 Å². The van der Waals surface area contributed by atoms with E-state index in [0.717, 1.165) is 12.0 Å². The first kappa shape index (κ1) is 23.9. The van der Waals surface area contributed by atoms with E-state index >= 15 is 0 Å². The number of hydrogen-bond acceptors (Lipinski definition) is 5. The minimum Gasteiger partial charge on any atom is -0.497 e. The maximum absolute atomic E-state index is 12.9. The minimum absolute atomic E-state index is 0.156. The maximum atomic E-state index is 12.9. The molecule has 0 aliphatic rings. The van der Waals surface area contributed by atoms with Gasteiger partial charge in [-0.2, -0.15) is 4.31 Å². The lowest BCUT2D eigenvalue weighted by Crippen LogP contribution is -2.30. The highest BCUT2D eigenvalue weighted by molar-refractivity contribution is 7.89. The number of sulfonamides is 1. The Bertz CT molecular complexity index is 896. The zero-order valence-electron chi connectivity index (χ0n) is 17.8. The SMILES string of the molecule is CCOCCCNC(=O)c1ccc(CN(CC)S(=O)(=O)c2ccc(OC)cc2)cc1. The van der Waals surface area contributed by atoms with Crippen molar-refractivity contribution in [3.63, 3.8) is 0 Å². The molecule has 0 saturated heterocycles. The Morgan fingerprint density at radius 2 is 1.70 bits per heavy atom. The number of ether oxygens (including phenoxy) is 2. The van der Waals surface area contributed by atoms with Gasteiger partial charge in [0, 0.05) is 38.4 Å². The average molecular weight is 435 g/mol. The Hall–Kier alpha value is -2.42. The van der Waals surface area contributed by atoms with E-state index in [1.165, 1.54) is 23.5 Å². The fourth-order valence-electron chi connectivity index (χ4n) is 2.85. The predicted octanol–water partition coefficient (Wildman–Crippen LogP) is 3.06. The van der Waals surface area contributed by atoms with Gasteiger partial charge in [-0.3, -0.25) is 4.79 Å². The van der Waals surface area contributed by atoms with E-state index in [2.05, 4.69) is 5.32 Å². The number of amides is 1. The average Bonchev–Trinajstić information content (AvgIpc) is 2.77. The van der Waals surface area contributed by atoms with Gasteiger partial charge in [-0.05, 0) is 55.3 Å². The second kappa shape index (κ2) is 11.7. The van der Waals surface area contributed by atoms with Gasteiger partial charge in [-0.1, -0.05) is 19.1 Å². The third-order valence-electron chi connectivity index (χ3n) is 4.58. The van der Waals surface area contributed by atoms with Gasteiger partial charge < -0.3 is 14.8 Å². The van der Waals surface area contributed by atoms with E-state index < -0.39 is 10.0 Å². The third-order valence-corrected chi connectivity index (χ3v) is 6.52. The van der Waals surface area contributed by atoms with Crippen molar-refractivity contribution < 1.29 is 22.7 Å². The molecule has 30 heavy (non-hydrogen) atoms. The number of nitrogens with one attached hydrogen (secondary N) is 1. The molecule has 164 valence electrons. The van der Waals surface area contributed by atoms with Crippen LogP contribution >= 0.6 is 0 Å². The summed E-state index contributed by atoms with van der Waals surface area (Å²) in [6, 6.07) is 13.3. The second-order valence-corrected chi connectivity index (χ2v) is 8.55. The van der Waals surface area contributed by atoms with Crippen molar-refractivity contribution in [3.05, 3.63) is 59.7 Å². The molecule has 2 rings (SSSR count). The summed E-state index contributed by atoms with van der Waals surface area (Å²) >= 11 is 0. The van der Waals surface area contributed by atoms with Crippen LogP contribution in [-0.4, -0.2) is 52.0 Å². The van der Waals surface area contributed by atoms with Crippen molar-refractivity contribution in [2.45, 2.75) is 31.7 Å². The Kier molecular flexibility index (Phi) is 9.29. The largest absolute Gasteiger partial charge is 0.497 e. The molecule has 0 aromatic heterocycles. The smallest absolute Gasteiger partial charge is 0.251 e. The predicted molar refractivity (Wildman–Crippen MR) is 116 cm³/mol. The van der Waals surface area contributed by atoms with E-state index in [1.807, 2.05) is 6.92 Å². The van der Waals surface area contributed by atoms with Gasteiger partial charge in [0.1, 0.15) is 5.75 Å². The monoisotopic (exact) mass is 434 g/mol. The quantitative estimate of drug-likeness (QED) is 0.519. The summed E-state index contributed by atoms with van der Waals surface area (Å²) in [5.41, 5.74) is 1.35. The molecule has 0 fully saturated rings. The van der Waals surface area contributed by atoms with Crippen molar-refractivity contribution in [3.8, 4) is 5.75 Å². The molecule has 0 bridgehead atoms. The summed E-state index contributed by atoms with van der Waals surface area (Å²) in [6.07, 6.45) is 0.756. The first-order valence-electron chi connectivity index (χ1n) is 10.0. The number of carbonyl (C=O) groups is 1. The second-order valence-electron chi connectivity index (χ2n) is 6.61. The van der Waals surface area contributed by atoms with E-state index in [4.69, 9.17) is 9.47 Å². The topological polar surface area (TPSA) is 84.9 Å². The summed E-state index contributed by atoms with van der Waals surface area (Å²) in [5, 5.41) is 2.85. The fourth-order valence-corrected chi connectivity index (χ4v) is 4.29. The number of rotatable bonds is 12. The van der Waals surface area contributed by atoms with Gasteiger partial charge in [0.15, 0.2) is 0 Å². The van der Waals surface area contributed by atoms with Crippen molar-refractivity contribution in [1.82, 2.24) is 9.62 Å². The molecule has 0 atom stereocenters. The van der Waals surface area contributed by atoms with Crippen LogP contribution in [0, 0.1) is 0 Å². The Labute approximate surface area is 179 Å². The minimum atomic E-state index is -3.63. The lowest BCUT2D eigenvalue weighted by Gasteiger charge is -2.21. The Balaban J connectivity index is 2.00. The molecule has 1 N–H and O–H groups in total. The highest BCUT2D eigenvalue weighted by Crippen LogP contribution is 2.21. The van der Waals surface area contributed by atoms with Crippen LogP contribution in [0.1, 0.15) is 36.2 Å². The molecule has 0 saturated carbocycles. The Morgan fingerprint density at radius 3 is 2.27 bits per heavy atom. The third kappa shape index (κ3) is 6.55. The number of nitrogens with zero attached hydrogens (tertiary/aromatic N) is 1. The van der Waals surface area contributed by atoms with Gasteiger partial charge in [0.05, 0.1) is 12.0 Å². The highest BCUT2D eigenvalue weighted by atomic mass is 32.2. The lowest BCUT2D eigenvalue weighted by molar-refractivity contribution is 0.0944. The summed E-state index contributed by atoms with van der Waals surface area (Å²) < 4.78 is 37.6. The molecule has 8 heteroatoms. The molecule has 0 heterocycles. The van der Waals surface area contributed by atoms with Gasteiger partial charge in [0.25, 0.3) is 5.91 Å². The molecule has 0 spiro atoms. The Morgan fingerprint density at radius 1 is 1.03 bits per heavy atom. The van der Waals surface area contributed by atoms with Crippen LogP contribution in [0.15, 0.2) is 53.4 Å². The summed E-state index contributed by atoms with van der Waals surface area (Å²) in [4.78, 5) is 12.4. The van der Waals surface area contributed by atoms with Gasteiger partial charge >= 0.3 is 0 Å². The van der Waals surface area contributed by atoms with Crippen LogP contribution in [0.5, 0.6) is 5.75 Å². The molecule has 7 nitrogen and oxygen atoms in total. The van der Waals surface area contributed by atoms with Crippen molar-refractivity contribution in [2.24, 2.45) is 0 Å². The standard InChI is InChI=1S/C22H30N2O5S/c1-4-24(30(26,27)21-13-11-20(28-3)12-14-21)17-18-7-9-19(10-8-18)22(25)23-15-6-16-29-5-2/h7-14H,4-6,15-17H2,1-3H3,(H,23,25). The van der Waals surface area contributed by atoms with E-state index in [1.54, 1.807) is 43.3 Å². The number of benzene rings is 2. The number of carbonyl (C=O) groups excluding carboxylic acids is 1. The molecule has 1 amide bonds. The van der Waals surface area contributed by atoms with E-state index in [0.29, 0.717) is 37.6 Å². The zero-order chi connectivity index (χ0) is 22.0. The van der Waals surface area contributed by atoms with Gasteiger partial charge in [-0.15, -0.1) is 0 Å². The lowest BCUT2D eigenvalue weighted by atomic mass is 10.1. The molecule has 0 aliphatic heterocycles. The summed E-state index contributed by atoms with van der Waals surface area (Å²) in [5.74, 6) is 0.444. The molecule has 0 radical (unpaired) electrons. The molecule has 2 aromatic rings. The van der Waals surface area contributed by atoms with Crippen LogP contribution < -0.4 is 10.1 Å². The van der Waals surface area contributed by atoms with Crippen molar-refractivity contribution in [1.29, 1.82) is 0 Å². The van der Waals surface area contributed by atoms with Crippen LogP contribution in [0.2, 0.25) is 0 Å². The maximum Gasteiger partial charge on any atom is 0.251 e. The zero-order valence-corrected chi connectivity index (χ0v) is 18.6. The highest BCUT2D eigenvalue weighted by Gasteiger charge is 2.23. The molecule has 2 aromatic carbocycles. The molecule has 0 unspecified atom stereocenters. The van der Waals surface area contributed by atoms with Crippen molar-refractivity contribution in [2.75, 3.05) is 33.4 Å². The fraction of sp³-hybridized carbons (Fsp3) is 0.409. The van der Waals surface area contributed by atoms with E-state index in [9.17, 15) is 13.2 Å². The first-order valence-corrected chi connectivity index (χ1v) is 11.5. The molecular formula is C22H30N2O5S. The van der Waals surface area contributed by atoms with Crippen molar-refractivity contribution >= 4 is 15.9 Å². The van der Waals surface area contributed by atoms with Crippen LogP contribution in [0.4, 0.5) is 0 Å². The van der Waals surface area contributed by atoms with Crippen LogP contribution in [0.25, 0.3) is 0 Å². The van der Waals surface area contributed by atoms with Gasteiger partial charge in [-0.25, -0.2) is 8.42 Å². The summed E-state index contributed by atoms with van der Waals surface area (Å²) in [7, 11) is -2.10. The number of methoxy groups -OCH3 is 1. The molecular weight excluding hydrogens is 404 g/mol.